The van der Waals surface area contributed by atoms with E-state index in [0.29, 0.717) is 12.1 Å². The molecule has 0 saturated carbocycles. The molecule has 0 bridgehead atoms. The number of anilines is 1. The Labute approximate surface area is 106 Å². The number of benzene rings is 1. The molecule has 9 heteroatoms. The van der Waals surface area contributed by atoms with Crippen molar-refractivity contribution in [2.45, 2.75) is 6.18 Å². The average molecular weight is 304 g/mol. The summed E-state index contributed by atoms with van der Waals surface area (Å²) in [6.45, 7) is -0.637. The van der Waals surface area contributed by atoms with E-state index in [1.165, 1.54) is 0 Å². The summed E-state index contributed by atoms with van der Waals surface area (Å²) in [5.41, 5.74) is -1.36. The number of hydrogen-bond acceptors (Lipinski definition) is 3. The van der Waals surface area contributed by atoms with Crippen molar-refractivity contribution in [3.05, 3.63) is 28.8 Å². The van der Waals surface area contributed by atoms with Crippen molar-refractivity contribution in [2.24, 2.45) is 0 Å². The average Bonchev–Trinajstić information content (AvgIpc) is 2.13. The Morgan fingerprint density at radius 2 is 1.89 bits per heavy atom. The third-order valence-electron chi connectivity index (χ3n) is 1.86. The molecule has 0 aliphatic heterocycles. The minimum absolute atomic E-state index is 0.244. The third-order valence-corrected chi connectivity index (χ3v) is 3.34. The van der Waals surface area contributed by atoms with Crippen molar-refractivity contribution in [1.29, 1.82) is 0 Å². The molecule has 0 unspecified atom stereocenters. The predicted octanol–water partition coefficient (Wildman–Crippen LogP) is 2.09. The van der Waals surface area contributed by atoms with Crippen LogP contribution in [-0.2, 0) is 16.2 Å². The number of nitrogens with one attached hydrogen (secondary N) is 1. The van der Waals surface area contributed by atoms with Crippen LogP contribution in [0.2, 0.25) is 5.02 Å². The molecule has 4 nitrogen and oxygen atoms in total. The molecule has 0 fully saturated rings. The fraction of sp³-hybridized carbons (Fsp3) is 0.333. The van der Waals surface area contributed by atoms with E-state index < -0.39 is 34.1 Å². The van der Waals surface area contributed by atoms with Crippen LogP contribution in [0.3, 0.4) is 0 Å². The first-order chi connectivity index (χ1) is 8.14. The topological polar surface area (TPSA) is 66.4 Å². The van der Waals surface area contributed by atoms with Crippen LogP contribution in [0.25, 0.3) is 0 Å². The van der Waals surface area contributed by atoms with Gasteiger partial charge in [-0.3, -0.25) is 4.72 Å². The van der Waals surface area contributed by atoms with Gasteiger partial charge < -0.3 is 5.11 Å². The van der Waals surface area contributed by atoms with Crippen LogP contribution < -0.4 is 4.72 Å². The highest BCUT2D eigenvalue weighted by Gasteiger charge is 2.31. The first kappa shape index (κ1) is 15.1. The molecule has 18 heavy (non-hydrogen) atoms. The molecule has 0 aliphatic carbocycles. The number of alkyl halides is 3. The van der Waals surface area contributed by atoms with Crippen LogP contribution in [0.15, 0.2) is 18.2 Å². The van der Waals surface area contributed by atoms with E-state index in [4.69, 9.17) is 16.7 Å². The number of aliphatic hydroxyl groups is 1. The van der Waals surface area contributed by atoms with Crippen molar-refractivity contribution < 1.29 is 26.7 Å². The smallest absolute Gasteiger partial charge is 0.395 e. The molecule has 1 aromatic carbocycles. The number of hydrogen-bond donors (Lipinski definition) is 2. The Morgan fingerprint density at radius 1 is 1.28 bits per heavy atom. The molecule has 0 atom stereocenters. The van der Waals surface area contributed by atoms with Crippen LogP contribution in [0.5, 0.6) is 0 Å². The summed E-state index contributed by atoms with van der Waals surface area (Å²) in [6, 6.07) is 2.36. The lowest BCUT2D eigenvalue weighted by atomic mass is 10.2. The van der Waals surface area contributed by atoms with Crippen LogP contribution in [-0.4, -0.2) is 25.9 Å². The third kappa shape index (κ3) is 4.35. The highest BCUT2D eigenvalue weighted by molar-refractivity contribution is 7.92. The van der Waals surface area contributed by atoms with Crippen molar-refractivity contribution in [3.63, 3.8) is 0 Å². The molecule has 1 aromatic rings. The number of halogens is 4. The van der Waals surface area contributed by atoms with Gasteiger partial charge in [0.1, 0.15) is 0 Å². The van der Waals surface area contributed by atoms with Gasteiger partial charge in [-0.25, -0.2) is 8.42 Å². The van der Waals surface area contributed by atoms with E-state index in [2.05, 4.69) is 0 Å². The van der Waals surface area contributed by atoms with Crippen molar-refractivity contribution in [1.82, 2.24) is 0 Å². The van der Waals surface area contributed by atoms with E-state index in [9.17, 15) is 21.6 Å². The predicted molar refractivity (Wildman–Crippen MR) is 60.9 cm³/mol. The van der Waals surface area contributed by atoms with Gasteiger partial charge in [0.15, 0.2) is 0 Å². The minimum Gasteiger partial charge on any atom is -0.395 e. The Bertz CT molecular complexity index is 530. The van der Waals surface area contributed by atoms with Gasteiger partial charge >= 0.3 is 6.18 Å². The molecule has 0 aromatic heterocycles. The lowest BCUT2D eigenvalue weighted by molar-refractivity contribution is -0.137. The number of sulfonamides is 1. The van der Waals surface area contributed by atoms with E-state index in [1.54, 1.807) is 0 Å². The molecule has 0 amide bonds. The molecule has 0 spiro atoms. The van der Waals surface area contributed by atoms with Gasteiger partial charge in [0.05, 0.1) is 23.6 Å². The van der Waals surface area contributed by atoms with Gasteiger partial charge in [0.2, 0.25) is 10.0 Å². The number of rotatable bonds is 4. The Hall–Kier alpha value is -0.990. The zero-order valence-corrected chi connectivity index (χ0v) is 10.4. The fourth-order valence-corrected chi connectivity index (χ4v) is 2.22. The molecule has 0 heterocycles. The van der Waals surface area contributed by atoms with E-state index >= 15 is 0 Å². The van der Waals surface area contributed by atoms with Gasteiger partial charge in [-0.05, 0) is 18.2 Å². The second-order valence-corrected chi connectivity index (χ2v) is 5.65. The van der Waals surface area contributed by atoms with E-state index in [0.717, 1.165) is 6.07 Å². The minimum atomic E-state index is -4.62. The summed E-state index contributed by atoms with van der Waals surface area (Å²) in [7, 11) is -3.89. The van der Waals surface area contributed by atoms with Gasteiger partial charge in [-0.2, -0.15) is 13.2 Å². The summed E-state index contributed by atoms with van der Waals surface area (Å²) in [6.07, 6.45) is -4.62. The molecule has 1 rings (SSSR count). The normalized spacial score (nSPS) is 12.5. The first-order valence-corrected chi connectivity index (χ1v) is 6.66. The maximum atomic E-state index is 12.5. The standard InChI is InChI=1S/C9H9ClF3NO3S/c10-7-3-6(9(11,12)13)4-8(5-7)14-18(16,17)2-1-15/h3-5,14-15H,1-2H2. The Kier molecular flexibility index (Phi) is 4.46. The maximum Gasteiger partial charge on any atom is 0.416 e. The quantitative estimate of drug-likeness (QED) is 0.895. The summed E-state index contributed by atoms with van der Waals surface area (Å²) in [5, 5.41) is 8.25. The highest BCUT2D eigenvalue weighted by Crippen LogP contribution is 2.33. The Morgan fingerprint density at radius 3 is 2.39 bits per heavy atom. The summed E-state index contributed by atoms with van der Waals surface area (Å²) < 4.78 is 61.8. The molecular formula is C9H9ClF3NO3S. The summed E-state index contributed by atoms with van der Waals surface area (Å²) in [5.74, 6) is -0.610. The SMILES string of the molecule is O=S(=O)(CCO)Nc1cc(Cl)cc(C(F)(F)F)c1. The summed E-state index contributed by atoms with van der Waals surface area (Å²) >= 11 is 5.48. The number of aliphatic hydroxyl groups excluding tert-OH is 1. The van der Waals surface area contributed by atoms with Gasteiger partial charge in [-0.1, -0.05) is 11.6 Å². The zero-order chi connectivity index (χ0) is 14.0. The van der Waals surface area contributed by atoms with E-state index in [-0.39, 0.29) is 10.7 Å². The largest absolute Gasteiger partial charge is 0.416 e. The van der Waals surface area contributed by atoms with Gasteiger partial charge in [0.25, 0.3) is 0 Å². The monoisotopic (exact) mass is 303 g/mol. The first-order valence-electron chi connectivity index (χ1n) is 4.63. The van der Waals surface area contributed by atoms with E-state index in [1.807, 2.05) is 4.72 Å². The Balaban J connectivity index is 3.08. The molecule has 102 valence electrons. The van der Waals surface area contributed by atoms with Gasteiger partial charge in [0, 0.05) is 5.02 Å². The van der Waals surface area contributed by atoms with Crippen LogP contribution >= 0.6 is 11.6 Å². The zero-order valence-electron chi connectivity index (χ0n) is 8.83. The fourth-order valence-electron chi connectivity index (χ4n) is 1.16. The lowest BCUT2D eigenvalue weighted by Gasteiger charge is -2.11. The maximum absolute atomic E-state index is 12.5. The molecule has 0 aliphatic rings. The highest BCUT2D eigenvalue weighted by atomic mass is 35.5. The second kappa shape index (κ2) is 5.33. The molecule has 0 radical (unpaired) electrons. The molecule has 2 N–H and O–H groups in total. The van der Waals surface area contributed by atoms with Crippen molar-refractivity contribution >= 4 is 27.3 Å². The van der Waals surface area contributed by atoms with Crippen LogP contribution in [0.4, 0.5) is 18.9 Å². The second-order valence-electron chi connectivity index (χ2n) is 3.37. The van der Waals surface area contributed by atoms with Crippen LogP contribution in [0, 0.1) is 0 Å². The lowest BCUT2D eigenvalue weighted by Crippen LogP contribution is -2.19. The van der Waals surface area contributed by atoms with Crippen molar-refractivity contribution in [3.8, 4) is 0 Å². The van der Waals surface area contributed by atoms with Crippen LogP contribution in [0.1, 0.15) is 5.56 Å². The molecule has 0 saturated heterocycles. The van der Waals surface area contributed by atoms with Crippen molar-refractivity contribution in [2.75, 3.05) is 17.1 Å². The van der Waals surface area contributed by atoms with Gasteiger partial charge in [-0.15, -0.1) is 0 Å². The summed E-state index contributed by atoms with van der Waals surface area (Å²) in [4.78, 5) is 0. The molecular weight excluding hydrogens is 295 g/mol.